The molecule has 43 heavy (non-hydrogen) atoms. The average Bonchev–Trinajstić information content (AvgIpc) is 3.53. The van der Waals surface area contributed by atoms with Crippen molar-refractivity contribution in [3.8, 4) is 11.3 Å². The number of imidazole rings is 1. The van der Waals surface area contributed by atoms with Crippen LogP contribution in [0.3, 0.4) is 0 Å². The number of carbonyl (C=O) groups excluding carboxylic acids is 1. The number of piperidine rings is 1. The summed E-state index contributed by atoms with van der Waals surface area (Å²) in [5.74, 6) is -1.16. The molecule has 1 aliphatic heterocycles. The molecular formula is C31H42FN9O2. The lowest BCUT2D eigenvalue weighted by molar-refractivity contribution is 0.0630. The Morgan fingerprint density at radius 1 is 1.16 bits per heavy atom. The standard InChI is InChI=1S/C31H42FN9O2/c1-31(2,43)20-41-26-17-23(40-13-10-22(11-14-40)38(5)16-15-37(3)4)7-8-25(26)35-30(41)36-29(42)24-9-12-33-28(27(24)32)21-18-34-39(6)19-21/h7-9,12,17-19,22,43H,10-11,13-16,20H2,1-6H3,(H,35,36,42). The van der Waals surface area contributed by atoms with Crippen LogP contribution >= 0.6 is 0 Å². The highest BCUT2D eigenvalue weighted by Gasteiger charge is 2.26. The van der Waals surface area contributed by atoms with Crippen LogP contribution in [0.5, 0.6) is 0 Å². The second kappa shape index (κ2) is 12.4. The Bertz CT molecular complexity index is 1580. The molecule has 11 nitrogen and oxygen atoms in total. The fourth-order valence-electron chi connectivity index (χ4n) is 5.59. The Balaban J connectivity index is 1.39. The minimum Gasteiger partial charge on any atom is -0.389 e. The van der Waals surface area contributed by atoms with Gasteiger partial charge in [-0.15, -0.1) is 0 Å². The highest BCUT2D eigenvalue weighted by Crippen LogP contribution is 2.30. The van der Waals surface area contributed by atoms with E-state index in [9.17, 15) is 9.90 Å². The molecule has 230 valence electrons. The molecule has 0 spiro atoms. The lowest BCUT2D eigenvalue weighted by Gasteiger charge is -2.38. The smallest absolute Gasteiger partial charge is 0.261 e. The number of pyridine rings is 1. The first-order valence-corrected chi connectivity index (χ1v) is 14.7. The molecular weight excluding hydrogens is 549 g/mol. The molecule has 0 bridgehead atoms. The zero-order valence-electron chi connectivity index (χ0n) is 25.9. The number of carbonyl (C=O) groups is 1. The van der Waals surface area contributed by atoms with E-state index >= 15 is 4.39 Å². The summed E-state index contributed by atoms with van der Waals surface area (Å²) < 4.78 is 18.8. The van der Waals surface area contributed by atoms with E-state index < -0.39 is 17.3 Å². The third kappa shape index (κ3) is 7.03. The summed E-state index contributed by atoms with van der Waals surface area (Å²) in [4.78, 5) is 29.2. The summed E-state index contributed by atoms with van der Waals surface area (Å²) in [6.45, 7) is 7.54. The molecule has 0 saturated carbocycles. The largest absolute Gasteiger partial charge is 0.389 e. The minimum atomic E-state index is -1.09. The van der Waals surface area contributed by atoms with Crippen LogP contribution in [0, 0.1) is 5.82 Å². The van der Waals surface area contributed by atoms with Gasteiger partial charge >= 0.3 is 0 Å². The Hall–Kier alpha value is -3.87. The quantitative estimate of drug-likeness (QED) is 0.289. The molecule has 12 heteroatoms. The first-order valence-electron chi connectivity index (χ1n) is 14.7. The predicted molar refractivity (Wildman–Crippen MR) is 167 cm³/mol. The summed E-state index contributed by atoms with van der Waals surface area (Å²) in [7, 11) is 8.13. The van der Waals surface area contributed by atoms with Crippen LogP contribution < -0.4 is 10.2 Å². The number of hydrogen-bond donors (Lipinski definition) is 2. The van der Waals surface area contributed by atoms with Gasteiger partial charge in [0.25, 0.3) is 5.91 Å². The van der Waals surface area contributed by atoms with Gasteiger partial charge in [0.2, 0.25) is 5.95 Å². The van der Waals surface area contributed by atoms with Crippen LogP contribution in [0.25, 0.3) is 22.3 Å². The van der Waals surface area contributed by atoms with Crippen LogP contribution in [0.4, 0.5) is 16.0 Å². The summed E-state index contributed by atoms with van der Waals surface area (Å²) >= 11 is 0. The Morgan fingerprint density at radius 2 is 1.91 bits per heavy atom. The average molecular weight is 592 g/mol. The molecule has 1 aromatic carbocycles. The van der Waals surface area contributed by atoms with Crippen LogP contribution in [-0.4, -0.2) is 104 Å². The second-order valence-electron chi connectivity index (χ2n) is 12.4. The Kier molecular flexibility index (Phi) is 8.81. The van der Waals surface area contributed by atoms with Crippen molar-refractivity contribution in [3.05, 3.63) is 54.2 Å². The predicted octanol–water partition coefficient (Wildman–Crippen LogP) is 3.46. The highest BCUT2D eigenvalue weighted by atomic mass is 19.1. The van der Waals surface area contributed by atoms with Gasteiger partial charge in [-0.3, -0.25) is 19.8 Å². The minimum absolute atomic E-state index is 0.0445. The number of halogens is 1. The van der Waals surface area contributed by atoms with Gasteiger partial charge in [0.1, 0.15) is 5.69 Å². The Labute approximate surface area is 251 Å². The van der Waals surface area contributed by atoms with Crippen molar-refractivity contribution >= 4 is 28.6 Å². The molecule has 1 amide bonds. The van der Waals surface area contributed by atoms with Gasteiger partial charge in [-0.1, -0.05) is 0 Å². The highest BCUT2D eigenvalue weighted by molar-refractivity contribution is 6.05. The molecule has 2 N–H and O–H groups in total. The number of fused-ring (bicyclic) bond motifs is 1. The summed E-state index contributed by atoms with van der Waals surface area (Å²) in [5.41, 5.74) is 1.80. The van der Waals surface area contributed by atoms with Crippen molar-refractivity contribution in [1.82, 2.24) is 34.1 Å². The summed E-state index contributed by atoms with van der Waals surface area (Å²) in [6, 6.07) is 7.94. The fraction of sp³-hybridized carbons (Fsp3) is 0.484. The van der Waals surface area contributed by atoms with Crippen molar-refractivity contribution in [3.63, 3.8) is 0 Å². The molecule has 1 saturated heterocycles. The van der Waals surface area contributed by atoms with E-state index in [-0.39, 0.29) is 23.8 Å². The maximum absolute atomic E-state index is 15.5. The maximum Gasteiger partial charge on any atom is 0.261 e. The molecule has 0 aliphatic carbocycles. The monoisotopic (exact) mass is 591 g/mol. The van der Waals surface area contributed by atoms with E-state index in [0.717, 1.165) is 50.2 Å². The van der Waals surface area contributed by atoms with Crippen LogP contribution in [0.15, 0.2) is 42.9 Å². The number of nitrogens with zero attached hydrogens (tertiary/aromatic N) is 8. The van der Waals surface area contributed by atoms with E-state index in [4.69, 9.17) is 0 Å². The van der Waals surface area contributed by atoms with E-state index in [2.05, 4.69) is 62.3 Å². The molecule has 0 unspecified atom stereocenters. The van der Waals surface area contributed by atoms with Crippen LogP contribution in [0.1, 0.15) is 37.0 Å². The fourth-order valence-corrected chi connectivity index (χ4v) is 5.59. The third-order valence-electron chi connectivity index (χ3n) is 7.97. The molecule has 1 fully saturated rings. The molecule has 4 heterocycles. The first-order chi connectivity index (χ1) is 20.4. The summed E-state index contributed by atoms with van der Waals surface area (Å²) in [6.07, 6.45) is 6.68. The van der Waals surface area contributed by atoms with Crippen molar-refractivity contribution in [1.29, 1.82) is 0 Å². The number of aromatic nitrogens is 5. The van der Waals surface area contributed by atoms with E-state index in [1.807, 2.05) is 12.1 Å². The van der Waals surface area contributed by atoms with Crippen LogP contribution in [0.2, 0.25) is 0 Å². The number of amides is 1. The van der Waals surface area contributed by atoms with Gasteiger partial charge < -0.3 is 24.4 Å². The van der Waals surface area contributed by atoms with Gasteiger partial charge in [-0.05, 0) is 72.1 Å². The summed E-state index contributed by atoms with van der Waals surface area (Å²) in [5, 5.41) is 17.6. The molecule has 1 aliphatic rings. The Morgan fingerprint density at radius 3 is 2.56 bits per heavy atom. The van der Waals surface area contributed by atoms with Gasteiger partial charge in [0, 0.05) is 62.9 Å². The number of rotatable bonds is 10. The lowest BCUT2D eigenvalue weighted by Crippen LogP contribution is -2.45. The SMILES string of the molecule is CN(C)CCN(C)C1CCN(c2ccc3nc(NC(=O)c4ccnc(-c5cnn(C)c5)c4F)n(CC(C)(C)O)c3c2)CC1. The van der Waals surface area contributed by atoms with Gasteiger partial charge in [-0.2, -0.15) is 5.10 Å². The lowest BCUT2D eigenvalue weighted by atomic mass is 10.0. The number of aryl methyl sites for hydroxylation is 1. The number of hydrogen-bond acceptors (Lipinski definition) is 8. The van der Waals surface area contributed by atoms with E-state index in [0.29, 0.717) is 17.1 Å². The maximum atomic E-state index is 15.5. The van der Waals surface area contributed by atoms with Crippen molar-refractivity contribution < 1.29 is 14.3 Å². The molecule has 0 radical (unpaired) electrons. The molecule has 3 aromatic heterocycles. The number of anilines is 2. The zero-order valence-corrected chi connectivity index (χ0v) is 25.9. The third-order valence-corrected chi connectivity index (χ3v) is 7.97. The molecule has 0 atom stereocenters. The van der Waals surface area contributed by atoms with Crippen LogP contribution in [-0.2, 0) is 13.6 Å². The number of benzene rings is 1. The van der Waals surface area contributed by atoms with Crippen molar-refractivity contribution in [2.45, 2.75) is 44.9 Å². The van der Waals surface area contributed by atoms with Crippen molar-refractivity contribution in [2.75, 3.05) is 57.5 Å². The second-order valence-corrected chi connectivity index (χ2v) is 12.4. The van der Waals surface area contributed by atoms with Crippen molar-refractivity contribution in [2.24, 2.45) is 7.05 Å². The molecule has 4 aromatic rings. The van der Waals surface area contributed by atoms with Gasteiger partial charge in [0.05, 0.1) is 34.9 Å². The normalized spacial score (nSPS) is 14.8. The van der Waals surface area contributed by atoms with Gasteiger partial charge in [0.15, 0.2) is 5.82 Å². The first kappa shape index (κ1) is 30.6. The number of aliphatic hydroxyl groups is 1. The van der Waals surface area contributed by atoms with E-state index in [1.54, 1.807) is 36.3 Å². The van der Waals surface area contributed by atoms with E-state index in [1.165, 1.54) is 18.5 Å². The zero-order chi connectivity index (χ0) is 30.9. The topological polar surface area (TPSA) is 108 Å². The van der Waals surface area contributed by atoms with Gasteiger partial charge in [-0.25, -0.2) is 9.37 Å². The molecule has 5 rings (SSSR count). The number of nitrogens with one attached hydrogen (secondary N) is 1. The number of likely N-dealkylation sites (N-methyl/N-ethyl adjacent to an activating group) is 2.